The molecule has 2 heterocycles. The largest absolute Gasteiger partial charge is 0.308 e. The Balaban J connectivity index is 1.55. The smallest absolute Gasteiger partial charge is 0.240 e. The van der Waals surface area contributed by atoms with Gasteiger partial charge in [-0.25, -0.2) is 0 Å². The number of carbonyl (C=O) groups excluding carboxylic acids is 1. The summed E-state index contributed by atoms with van der Waals surface area (Å²) in [6.07, 6.45) is 0.889. The number of aryl methyl sites for hydroxylation is 1. The van der Waals surface area contributed by atoms with Crippen LogP contribution in [0.15, 0.2) is 53.7 Å². The molecule has 0 spiro atoms. The average molecular weight is 379 g/mol. The number of amides is 1. The molecule has 1 amide bonds. The number of aromatic nitrogens is 4. The first-order valence-corrected chi connectivity index (χ1v) is 9.85. The molecule has 0 aliphatic carbocycles. The van der Waals surface area contributed by atoms with Gasteiger partial charge in [0.1, 0.15) is 0 Å². The monoisotopic (exact) mass is 379 g/mol. The van der Waals surface area contributed by atoms with Crippen LogP contribution in [0.2, 0.25) is 0 Å². The van der Waals surface area contributed by atoms with Crippen molar-refractivity contribution < 1.29 is 4.79 Å². The number of nitrogens with zero attached hydrogens (tertiary/aromatic N) is 5. The van der Waals surface area contributed by atoms with E-state index in [1.165, 1.54) is 22.9 Å². The number of carbonyl (C=O) groups is 1. The quantitative estimate of drug-likeness (QED) is 0.650. The SMILES string of the molecule is Cc1ccc(-n2nnnc2SC(C)C(=O)N2c3ccccc3CC2C)cc1. The van der Waals surface area contributed by atoms with Gasteiger partial charge in [-0.05, 0) is 61.4 Å². The summed E-state index contributed by atoms with van der Waals surface area (Å²) in [4.78, 5) is 15.1. The molecule has 2 atom stereocenters. The summed E-state index contributed by atoms with van der Waals surface area (Å²) in [5, 5.41) is 12.3. The minimum absolute atomic E-state index is 0.0795. The Hall–Kier alpha value is -2.67. The molecule has 1 aromatic heterocycles. The summed E-state index contributed by atoms with van der Waals surface area (Å²) in [6, 6.07) is 16.2. The van der Waals surface area contributed by atoms with Crippen LogP contribution in [-0.4, -0.2) is 37.4 Å². The van der Waals surface area contributed by atoms with E-state index in [-0.39, 0.29) is 17.2 Å². The van der Waals surface area contributed by atoms with Crippen molar-refractivity contribution in [1.29, 1.82) is 0 Å². The van der Waals surface area contributed by atoms with E-state index in [1.54, 1.807) is 4.68 Å². The van der Waals surface area contributed by atoms with Crippen LogP contribution < -0.4 is 4.90 Å². The molecule has 27 heavy (non-hydrogen) atoms. The second-order valence-electron chi connectivity index (χ2n) is 6.86. The number of thioether (sulfide) groups is 1. The molecule has 0 N–H and O–H groups in total. The van der Waals surface area contributed by atoms with E-state index in [4.69, 9.17) is 0 Å². The van der Waals surface area contributed by atoms with Gasteiger partial charge in [-0.15, -0.1) is 5.10 Å². The van der Waals surface area contributed by atoms with Gasteiger partial charge in [-0.1, -0.05) is 47.7 Å². The zero-order chi connectivity index (χ0) is 19.0. The van der Waals surface area contributed by atoms with Gasteiger partial charge in [0.05, 0.1) is 10.9 Å². The summed E-state index contributed by atoms with van der Waals surface area (Å²) in [6.45, 7) is 6.04. The van der Waals surface area contributed by atoms with Crippen molar-refractivity contribution in [2.75, 3.05) is 4.90 Å². The predicted octanol–water partition coefficient (Wildman–Crippen LogP) is 3.43. The molecule has 6 nitrogen and oxygen atoms in total. The van der Waals surface area contributed by atoms with Crippen molar-refractivity contribution in [3.8, 4) is 5.69 Å². The Morgan fingerprint density at radius 2 is 1.93 bits per heavy atom. The number of hydrogen-bond donors (Lipinski definition) is 0. The minimum atomic E-state index is -0.297. The van der Waals surface area contributed by atoms with E-state index in [0.29, 0.717) is 5.16 Å². The zero-order valence-corrected chi connectivity index (χ0v) is 16.3. The number of fused-ring (bicyclic) bond motifs is 1. The standard InChI is InChI=1S/C20H21N5OS/c1-13-8-10-17(11-9-13)25-20(21-22-23-25)27-15(3)19(26)24-14(2)12-16-6-4-5-7-18(16)24/h4-11,14-15H,12H2,1-3H3. The number of hydrogen-bond acceptors (Lipinski definition) is 5. The van der Waals surface area contributed by atoms with Crippen LogP contribution in [0.4, 0.5) is 5.69 Å². The lowest BCUT2D eigenvalue weighted by Gasteiger charge is -2.25. The van der Waals surface area contributed by atoms with Crippen LogP contribution in [0.25, 0.3) is 5.69 Å². The molecule has 2 unspecified atom stereocenters. The van der Waals surface area contributed by atoms with Crippen molar-refractivity contribution in [2.24, 2.45) is 0 Å². The summed E-state index contributed by atoms with van der Waals surface area (Å²) < 4.78 is 1.68. The maximum atomic E-state index is 13.2. The van der Waals surface area contributed by atoms with Crippen LogP contribution in [0.5, 0.6) is 0 Å². The second kappa shape index (κ2) is 7.15. The Labute approximate surface area is 162 Å². The lowest BCUT2D eigenvalue weighted by Crippen LogP contribution is -2.40. The number of anilines is 1. The first kappa shape index (κ1) is 17.7. The third kappa shape index (κ3) is 3.35. The summed E-state index contributed by atoms with van der Waals surface area (Å²) in [7, 11) is 0. The molecular formula is C20H21N5OS. The van der Waals surface area contributed by atoms with Crippen LogP contribution in [-0.2, 0) is 11.2 Å². The number of tetrazole rings is 1. The lowest BCUT2D eigenvalue weighted by molar-refractivity contribution is -0.118. The number of para-hydroxylation sites is 1. The first-order chi connectivity index (χ1) is 13.0. The maximum absolute atomic E-state index is 13.2. The highest BCUT2D eigenvalue weighted by Crippen LogP contribution is 2.34. The first-order valence-electron chi connectivity index (χ1n) is 8.97. The maximum Gasteiger partial charge on any atom is 0.240 e. The van der Waals surface area contributed by atoms with Gasteiger partial charge in [-0.2, -0.15) is 4.68 Å². The van der Waals surface area contributed by atoms with E-state index in [0.717, 1.165) is 17.8 Å². The Morgan fingerprint density at radius 1 is 1.19 bits per heavy atom. The van der Waals surface area contributed by atoms with E-state index >= 15 is 0 Å². The van der Waals surface area contributed by atoms with Gasteiger partial charge in [0.2, 0.25) is 11.1 Å². The van der Waals surface area contributed by atoms with E-state index in [1.807, 2.05) is 61.2 Å². The van der Waals surface area contributed by atoms with Crippen molar-refractivity contribution in [3.05, 3.63) is 59.7 Å². The van der Waals surface area contributed by atoms with Crippen LogP contribution in [0, 0.1) is 6.92 Å². The summed E-state index contributed by atoms with van der Waals surface area (Å²) in [5.41, 5.74) is 4.29. The fourth-order valence-corrected chi connectivity index (χ4v) is 4.26. The van der Waals surface area contributed by atoms with E-state index < -0.39 is 0 Å². The molecule has 3 aromatic rings. The number of rotatable bonds is 4. The van der Waals surface area contributed by atoms with Gasteiger partial charge >= 0.3 is 0 Å². The zero-order valence-electron chi connectivity index (χ0n) is 15.5. The molecule has 2 aromatic carbocycles. The molecule has 1 aliphatic heterocycles. The molecule has 7 heteroatoms. The minimum Gasteiger partial charge on any atom is -0.308 e. The van der Waals surface area contributed by atoms with Gasteiger partial charge in [0.25, 0.3) is 0 Å². The van der Waals surface area contributed by atoms with Crippen molar-refractivity contribution in [2.45, 2.75) is 43.6 Å². The van der Waals surface area contributed by atoms with Crippen LogP contribution in [0.1, 0.15) is 25.0 Å². The third-order valence-corrected chi connectivity index (χ3v) is 5.81. The van der Waals surface area contributed by atoms with Crippen molar-refractivity contribution in [1.82, 2.24) is 20.2 Å². The molecule has 0 bridgehead atoms. The normalized spacial score (nSPS) is 17.0. The van der Waals surface area contributed by atoms with Crippen molar-refractivity contribution >= 4 is 23.4 Å². The molecule has 1 aliphatic rings. The van der Waals surface area contributed by atoms with Gasteiger partial charge < -0.3 is 4.90 Å². The van der Waals surface area contributed by atoms with Crippen molar-refractivity contribution in [3.63, 3.8) is 0 Å². The highest BCUT2D eigenvalue weighted by molar-refractivity contribution is 8.00. The topological polar surface area (TPSA) is 63.9 Å². The van der Waals surface area contributed by atoms with Gasteiger partial charge in [-0.3, -0.25) is 4.79 Å². The third-order valence-electron chi connectivity index (χ3n) is 4.79. The second-order valence-corrected chi connectivity index (χ2v) is 8.17. The lowest BCUT2D eigenvalue weighted by atomic mass is 10.1. The predicted molar refractivity (Wildman–Crippen MR) is 106 cm³/mol. The Kier molecular flexibility index (Phi) is 4.70. The molecule has 0 fully saturated rings. The number of benzene rings is 2. The van der Waals surface area contributed by atoms with E-state index in [9.17, 15) is 4.79 Å². The average Bonchev–Trinajstić information content (AvgIpc) is 3.25. The van der Waals surface area contributed by atoms with E-state index in [2.05, 4.69) is 28.5 Å². The molecule has 138 valence electrons. The van der Waals surface area contributed by atoms with Crippen LogP contribution >= 0.6 is 11.8 Å². The fraction of sp³-hybridized carbons (Fsp3) is 0.300. The Morgan fingerprint density at radius 3 is 2.70 bits per heavy atom. The van der Waals surface area contributed by atoms with Gasteiger partial charge in [0, 0.05) is 11.7 Å². The molecular weight excluding hydrogens is 358 g/mol. The van der Waals surface area contributed by atoms with Crippen LogP contribution in [0.3, 0.4) is 0 Å². The summed E-state index contributed by atoms with van der Waals surface area (Å²) >= 11 is 1.38. The molecule has 4 rings (SSSR count). The highest BCUT2D eigenvalue weighted by atomic mass is 32.2. The Bertz CT molecular complexity index is 969. The molecule has 0 saturated heterocycles. The summed E-state index contributed by atoms with van der Waals surface area (Å²) in [5.74, 6) is 0.0795. The highest BCUT2D eigenvalue weighted by Gasteiger charge is 2.34. The fourth-order valence-electron chi connectivity index (χ4n) is 3.41. The molecule has 0 radical (unpaired) electrons. The van der Waals surface area contributed by atoms with Gasteiger partial charge in [0.15, 0.2) is 0 Å². The molecule has 0 saturated carbocycles.